The van der Waals surface area contributed by atoms with E-state index in [1.165, 1.54) is 0 Å². The molecule has 0 aromatic heterocycles. The van der Waals surface area contributed by atoms with E-state index in [-0.39, 0.29) is 11.5 Å². The second-order valence-corrected chi connectivity index (χ2v) is 5.91. The predicted molar refractivity (Wildman–Crippen MR) is 66.0 cm³/mol. The zero-order valence-corrected chi connectivity index (χ0v) is 11.3. The molecule has 1 heterocycles. The zero-order valence-electron chi connectivity index (χ0n) is 11.3. The highest BCUT2D eigenvalue weighted by atomic mass is 16.6. The molecule has 0 saturated carbocycles. The molecule has 1 fully saturated rings. The molecular formula is C12H24N2O3. The minimum absolute atomic E-state index is 0.270. The minimum Gasteiger partial charge on any atom is -0.444 e. The third kappa shape index (κ3) is 5.89. The summed E-state index contributed by atoms with van der Waals surface area (Å²) in [7, 11) is 0. The Bertz CT molecular complexity index is 257. The van der Waals surface area contributed by atoms with Crippen LogP contribution in [0.25, 0.3) is 0 Å². The third-order valence-corrected chi connectivity index (χ3v) is 2.42. The number of amides is 1. The fourth-order valence-electron chi connectivity index (χ4n) is 1.51. The Morgan fingerprint density at radius 1 is 1.35 bits per heavy atom. The molecule has 1 amide bonds. The first-order valence-electron chi connectivity index (χ1n) is 6.06. The highest BCUT2D eigenvalue weighted by Crippen LogP contribution is 2.24. The Balaban J connectivity index is 1.98. The van der Waals surface area contributed by atoms with Gasteiger partial charge in [-0.15, -0.1) is 0 Å². The van der Waals surface area contributed by atoms with Crippen molar-refractivity contribution in [3.8, 4) is 0 Å². The van der Waals surface area contributed by atoms with E-state index in [1.54, 1.807) is 0 Å². The number of nitrogens with one attached hydrogen (secondary N) is 2. The summed E-state index contributed by atoms with van der Waals surface area (Å²) in [5, 5.41) is 6.00. The molecule has 1 aliphatic rings. The third-order valence-electron chi connectivity index (χ3n) is 2.42. The van der Waals surface area contributed by atoms with Crippen molar-refractivity contribution in [1.29, 1.82) is 0 Å². The van der Waals surface area contributed by atoms with Gasteiger partial charge >= 0.3 is 6.09 Å². The van der Waals surface area contributed by atoms with Crippen molar-refractivity contribution in [2.45, 2.75) is 33.3 Å². The lowest BCUT2D eigenvalue weighted by Crippen LogP contribution is -2.48. The number of ether oxygens (including phenoxy) is 2. The van der Waals surface area contributed by atoms with Gasteiger partial charge in [-0.3, -0.25) is 0 Å². The van der Waals surface area contributed by atoms with Gasteiger partial charge < -0.3 is 20.1 Å². The van der Waals surface area contributed by atoms with E-state index in [1.807, 2.05) is 20.8 Å². The predicted octanol–water partition coefficient (Wildman–Crippen LogP) is 1.14. The molecule has 0 spiro atoms. The summed E-state index contributed by atoms with van der Waals surface area (Å²) in [6.45, 7) is 11.6. The summed E-state index contributed by atoms with van der Waals surface area (Å²) in [6.07, 6.45) is -0.363. The van der Waals surface area contributed by atoms with Crippen molar-refractivity contribution in [3.05, 3.63) is 0 Å². The van der Waals surface area contributed by atoms with Gasteiger partial charge in [-0.2, -0.15) is 0 Å². The summed E-state index contributed by atoms with van der Waals surface area (Å²) >= 11 is 0. The van der Waals surface area contributed by atoms with Crippen LogP contribution in [0.4, 0.5) is 4.79 Å². The molecule has 0 radical (unpaired) electrons. The lowest BCUT2D eigenvalue weighted by atomic mass is 9.89. The first-order valence-corrected chi connectivity index (χ1v) is 6.06. The summed E-state index contributed by atoms with van der Waals surface area (Å²) in [4.78, 5) is 11.3. The van der Waals surface area contributed by atoms with Gasteiger partial charge in [0.25, 0.3) is 0 Å². The summed E-state index contributed by atoms with van der Waals surface area (Å²) in [5.74, 6) is 0. The molecule has 2 N–H and O–H groups in total. The quantitative estimate of drug-likeness (QED) is 0.712. The molecule has 100 valence electrons. The van der Waals surface area contributed by atoms with E-state index in [4.69, 9.17) is 9.47 Å². The smallest absolute Gasteiger partial charge is 0.407 e. The molecular weight excluding hydrogens is 220 g/mol. The highest BCUT2D eigenvalue weighted by Gasteiger charge is 2.32. The number of hydrogen-bond acceptors (Lipinski definition) is 4. The van der Waals surface area contributed by atoms with Crippen molar-refractivity contribution in [2.24, 2.45) is 5.41 Å². The first-order chi connectivity index (χ1) is 7.81. The van der Waals surface area contributed by atoms with Gasteiger partial charge in [0.2, 0.25) is 0 Å². The van der Waals surface area contributed by atoms with Gasteiger partial charge in [-0.25, -0.2) is 4.79 Å². The van der Waals surface area contributed by atoms with Crippen LogP contribution in [-0.4, -0.2) is 44.5 Å². The van der Waals surface area contributed by atoms with E-state index in [0.29, 0.717) is 6.54 Å². The average Bonchev–Trinajstić information content (AvgIpc) is 2.11. The first kappa shape index (κ1) is 14.3. The minimum atomic E-state index is -0.436. The summed E-state index contributed by atoms with van der Waals surface area (Å²) in [6, 6.07) is 0. The summed E-state index contributed by atoms with van der Waals surface area (Å²) in [5.41, 5.74) is -0.166. The van der Waals surface area contributed by atoms with E-state index in [0.717, 1.165) is 26.3 Å². The maximum absolute atomic E-state index is 11.3. The lowest BCUT2D eigenvalue weighted by Gasteiger charge is -2.38. The topological polar surface area (TPSA) is 59.6 Å². The van der Waals surface area contributed by atoms with E-state index in [2.05, 4.69) is 17.6 Å². The monoisotopic (exact) mass is 244 g/mol. The summed E-state index contributed by atoms with van der Waals surface area (Å²) < 4.78 is 10.3. The van der Waals surface area contributed by atoms with Gasteiger partial charge in [-0.1, -0.05) is 6.92 Å². The molecule has 17 heavy (non-hydrogen) atoms. The fourth-order valence-corrected chi connectivity index (χ4v) is 1.51. The number of carbonyl (C=O) groups excluding carboxylic acids is 1. The van der Waals surface area contributed by atoms with Crippen LogP contribution in [0, 0.1) is 5.41 Å². The van der Waals surface area contributed by atoms with Gasteiger partial charge in [0, 0.05) is 25.0 Å². The van der Waals surface area contributed by atoms with Crippen molar-refractivity contribution in [3.63, 3.8) is 0 Å². The Kier molecular flexibility index (Phi) is 4.77. The molecule has 5 nitrogen and oxygen atoms in total. The second-order valence-electron chi connectivity index (χ2n) is 5.91. The van der Waals surface area contributed by atoms with Crippen molar-refractivity contribution in [2.75, 3.05) is 32.8 Å². The van der Waals surface area contributed by atoms with Gasteiger partial charge in [0.15, 0.2) is 0 Å². The van der Waals surface area contributed by atoms with Crippen LogP contribution in [0.2, 0.25) is 0 Å². The fraction of sp³-hybridized carbons (Fsp3) is 0.917. The maximum atomic E-state index is 11.3. The Morgan fingerprint density at radius 2 is 2.00 bits per heavy atom. The molecule has 5 heteroatoms. The SMILES string of the molecule is CC1(CNCCNC(=O)OC(C)(C)C)COC1. The molecule has 1 aliphatic heterocycles. The normalized spacial score (nSPS) is 18.4. The van der Waals surface area contributed by atoms with Crippen LogP contribution in [0.5, 0.6) is 0 Å². The molecule has 0 unspecified atom stereocenters. The second kappa shape index (κ2) is 5.69. The Morgan fingerprint density at radius 3 is 2.47 bits per heavy atom. The van der Waals surface area contributed by atoms with Crippen LogP contribution >= 0.6 is 0 Å². The van der Waals surface area contributed by atoms with Crippen LogP contribution in [-0.2, 0) is 9.47 Å². The molecule has 1 saturated heterocycles. The molecule has 0 aromatic carbocycles. The van der Waals surface area contributed by atoms with Gasteiger partial charge in [-0.05, 0) is 20.8 Å². The van der Waals surface area contributed by atoms with Crippen molar-refractivity contribution < 1.29 is 14.3 Å². The van der Waals surface area contributed by atoms with Crippen LogP contribution in [0.3, 0.4) is 0 Å². The molecule has 0 atom stereocenters. The Hall–Kier alpha value is -0.810. The molecule has 0 aliphatic carbocycles. The number of alkyl carbamates (subject to hydrolysis) is 1. The van der Waals surface area contributed by atoms with E-state index in [9.17, 15) is 4.79 Å². The largest absolute Gasteiger partial charge is 0.444 e. The standard InChI is InChI=1S/C12H24N2O3/c1-11(2,3)17-10(15)14-6-5-13-7-12(4)8-16-9-12/h13H,5-9H2,1-4H3,(H,14,15). The van der Waals surface area contributed by atoms with E-state index >= 15 is 0 Å². The number of hydrogen-bond donors (Lipinski definition) is 2. The van der Waals surface area contributed by atoms with Crippen molar-refractivity contribution >= 4 is 6.09 Å². The number of rotatable bonds is 5. The van der Waals surface area contributed by atoms with Gasteiger partial charge in [0.1, 0.15) is 5.60 Å². The molecule has 0 aromatic rings. The van der Waals surface area contributed by atoms with Crippen LogP contribution in [0.1, 0.15) is 27.7 Å². The van der Waals surface area contributed by atoms with Crippen LogP contribution < -0.4 is 10.6 Å². The van der Waals surface area contributed by atoms with Crippen molar-refractivity contribution in [1.82, 2.24) is 10.6 Å². The van der Waals surface area contributed by atoms with E-state index < -0.39 is 5.60 Å². The van der Waals surface area contributed by atoms with Gasteiger partial charge in [0.05, 0.1) is 13.2 Å². The molecule has 0 bridgehead atoms. The van der Waals surface area contributed by atoms with Crippen LogP contribution in [0.15, 0.2) is 0 Å². The number of carbonyl (C=O) groups is 1. The maximum Gasteiger partial charge on any atom is 0.407 e. The Labute approximate surface area is 103 Å². The highest BCUT2D eigenvalue weighted by molar-refractivity contribution is 5.67. The zero-order chi connectivity index (χ0) is 12.9. The molecule has 1 rings (SSSR count). The average molecular weight is 244 g/mol. The lowest BCUT2D eigenvalue weighted by molar-refractivity contribution is -0.0988.